The Morgan fingerprint density at radius 3 is 2.56 bits per heavy atom. The molecule has 0 N–H and O–H groups in total. The third kappa shape index (κ3) is 5.10. The standard InChI is InChI=1S/C8H13N/c1-7(2)6-8(3)4-5-9/h4,7H,6H2,1-3H3. The highest BCUT2D eigenvalue weighted by Gasteiger charge is 1.93. The molecule has 1 nitrogen and oxygen atoms in total. The molecule has 0 amide bonds. The van der Waals surface area contributed by atoms with E-state index in [4.69, 9.17) is 5.26 Å². The predicted molar refractivity (Wildman–Crippen MR) is 38.8 cm³/mol. The molecule has 0 aliphatic carbocycles. The van der Waals surface area contributed by atoms with E-state index in [0.29, 0.717) is 5.92 Å². The van der Waals surface area contributed by atoms with E-state index in [1.54, 1.807) is 6.08 Å². The molecule has 0 atom stereocenters. The smallest absolute Gasteiger partial charge is 0.0911 e. The van der Waals surface area contributed by atoms with E-state index < -0.39 is 0 Å². The molecule has 0 bridgehead atoms. The molecule has 0 unspecified atom stereocenters. The summed E-state index contributed by atoms with van der Waals surface area (Å²) in [7, 11) is 0. The van der Waals surface area contributed by atoms with Gasteiger partial charge in [-0.1, -0.05) is 19.4 Å². The van der Waals surface area contributed by atoms with Crippen LogP contribution in [-0.2, 0) is 0 Å². The highest BCUT2D eigenvalue weighted by molar-refractivity contribution is 5.11. The van der Waals surface area contributed by atoms with Gasteiger partial charge in [0.15, 0.2) is 0 Å². The molecule has 0 saturated carbocycles. The van der Waals surface area contributed by atoms with Crippen molar-refractivity contribution < 1.29 is 0 Å². The summed E-state index contributed by atoms with van der Waals surface area (Å²) in [5.74, 6) is 0.662. The Morgan fingerprint density at radius 1 is 1.67 bits per heavy atom. The average molecular weight is 123 g/mol. The molecule has 0 aromatic heterocycles. The Hall–Kier alpha value is -0.770. The summed E-state index contributed by atoms with van der Waals surface area (Å²) in [5.41, 5.74) is 1.17. The lowest BCUT2D eigenvalue weighted by Crippen LogP contribution is -1.86. The van der Waals surface area contributed by atoms with Crippen LogP contribution in [0.1, 0.15) is 27.2 Å². The van der Waals surface area contributed by atoms with Crippen LogP contribution in [0.3, 0.4) is 0 Å². The molecular formula is C8H13N. The molecule has 50 valence electrons. The van der Waals surface area contributed by atoms with Gasteiger partial charge in [0.05, 0.1) is 6.07 Å². The average Bonchev–Trinajstić information content (AvgIpc) is 1.63. The van der Waals surface area contributed by atoms with Crippen molar-refractivity contribution in [3.8, 4) is 6.07 Å². The second-order valence-corrected chi connectivity index (χ2v) is 2.72. The van der Waals surface area contributed by atoms with Gasteiger partial charge in [0, 0.05) is 6.08 Å². The molecule has 0 radical (unpaired) electrons. The lowest BCUT2D eigenvalue weighted by molar-refractivity contribution is 0.642. The third-order valence-corrected chi connectivity index (χ3v) is 1.04. The van der Waals surface area contributed by atoms with Gasteiger partial charge >= 0.3 is 0 Å². The third-order valence-electron chi connectivity index (χ3n) is 1.04. The van der Waals surface area contributed by atoms with Gasteiger partial charge in [0.2, 0.25) is 0 Å². The van der Waals surface area contributed by atoms with Gasteiger partial charge in [-0.3, -0.25) is 0 Å². The van der Waals surface area contributed by atoms with E-state index in [1.165, 1.54) is 5.57 Å². The minimum absolute atomic E-state index is 0.662. The van der Waals surface area contributed by atoms with Gasteiger partial charge in [-0.2, -0.15) is 5.26 Å². The van der Waals surface area contributed by atoms with E-state index in [2.05, 4.69) is 13.8 Å². The second-order valence-electron chi connectivity index (χ2n) is 2.72. The first-order valence-corrected chi connectivity index (χ1v) is 3.22. The molecule has 0 spiro atoms. The topological polar surface area (TPSA) is 23.8 Å². The van der Waals surface area contributed by atoms with Crippen LogP contribution in [0.2, 0.25) is 0 Å². The zero-order valence-corrected chi connectivity index (χ0v) is 6.31. The van der Waals surface area contributed by atoms with Crippen LogP contribution in [0.4, 0.5) is 0 Å². The fourth-order valence-electron chi connectivity index (χ4n) is 0.813. The highest BCUT2D eigenvalue weighted by Crippen LogP contribution is 2.08. The monoisotopic (exact) mass is 123 g/mol. The lowest BCUT2D eigenvalue weighted by atomic mass is 10.0. The van der Waals surface area contributed by atoms with Crippen LogP contribution in [0.25, 0.3) is 0 Å². The zero-order valence-electron chi connectivity index (χ0n) is 6.31. The Morgan fingerprint density at radius 2 is 2.22 bits per heavy atom. The fraction of sp³-hybridized carbons (Fsp3) is 0.625. The van der Waals surface area contributed by atoms with Gasteiger partial charge in [-0.05, 0) is 19.3 Å². The minimum atomic E-state index is 0.662. The normalized spacial score (nSPS) is 11.7. The number of nitriles is 1. The molecule has 0 saturated heterocycles. The quantitative estimate of drug-likeness (QED) is 0.517. The van der Waals surface area contributed by atoms with E-state index in [1.807, 2.05) is 13.0 Å². The number of allylic oxidation sites excluding steroid dienone is 2. The van der Waals surface area contributed by atoms with Gasteiger partial charge in [-0.25, -0.2) is 0 Å². The van der Waals surface area contributed by atoms with Crippen molar-refractivity contribution >= 4 is 0 Å². The molecular weight excluding hydrogens is 110 g/mol. The molecule has 0 aromatic carbocycles. The van der Waals surface area contributed by atoms with Crippen LogP contribution in [-0.4, -0.2) is 0 Å². The Labute approximate surface area is 57.0 Å². The molecule has 1 heteroatoms. The molecule has 0 fully saturated rings. The van der Waals surface area contributed by atoms with Crippen molar-refractivity contribution in [2.45, 2.75) is 27.2 Å². The van der Waals surface area contributed by atoms with Crippen molar-refractivity contribution in [2.24, 2.45) is 5.92 Å². The van der Waals surface area contributed by atoms with Crippen molar-refractivity contribution in [3.63, 3.8) is 0 Å². The number of nitrogens with zero attached hydrogens (tertiary/aromatic N) is 1. The number of hydrogen-bond acceptors (Lipinski definition) is 1. The number of rotatable bonds is 2. The van der Waals surface area contributed by atoms with Gasteiger partial charge in [0.1, 0.15) is 0 Å². The highest BCUT2D eigenvalue weighted by atomic mass is 14.2. The van der Waals surface area contributed by atoms with Crippen LogP contribution < -0.4 is 0 Å². The Balaban J connectivity index is 3.66. The molecule has 0 aliphatic rings. The molecule has 0 heterocycles. The SMILES string of the molecule is CC(=CC#N)CC(C)C. The van der Waals surface area contributed by atoms with Crippen molar-refractivity contribution in [3.05, 3.63) is 11.6 Å². The van der Waals surface area contributed by atoms with Crippen molar-refractivity contribution in [1.82, 2.24) is 0 Å². The second kappa shape index (κ2) is 4.14. The van der Waals surface area contributed by atoms with Gasteiger partial charge in [0.25, 0.3) is 0 Å². The van der Waals surface area contributed by atoms with E-state index >= 15 is 0 Å². The Kier molecular flexibility index (Phi) is 3.79. The maximum atomic E-state index is 8.22. The fourth-order valence-corrected chi connectivity index (χ4v) is 0.813. The first kappa shape index (κ1) is 8.23. The Bertz CT molecular complexity index is 137. The molecule has 0 aliphatic heterocycles. The minimum Gasteiger partial charge on any atom is -0.193 e. The molecule has 0 rings (SSSR count). The number of hydrogen-bond donors (Lipinski definition) is 0. The maximum Gasteiger partial charge on any atom is 0.0911 e. The van der Waals surface area contributed by atoms with Gasteiger partial charge < -0.3 is 0 Å². The maximum absolute atomic E-state index is 8.22. The van der Waals surface area contributed by atoms with Gasteiger partial charge in [-0.15, -0.1) is 0 Å². The summed E-state index contributed by atoms with van der Waals surface area (Å²) in [6, 6.07) is 2.01. The summed E-state index contributed by atoms with van der Waals surface area (Å²) in [5, 5.41) is 8.22. The summed E-state index contributed by atoms with van der Waals surface area (Å²) in [6.45, 7) is 6.28. The van der Waals surface area contributed by atoms with E-state index in [0.717, 1.165) is 6.42 Å². The first-order chi connectivity index (χ1) is 4.16. The summed E-state index contributed by atoms with van der Waals surface area (Å²) >= 11 is 0. The lowest BCUT2D eigenvalue weighted by Gasteiger charge is -2.01. The van der Waals surface area contributed by atoms with Crippen molar-refractivity contribution in [1.29, 1.82) is 5.26 Å². The summed E-state index contributed by atoms with van der Waals surface area (Å²) in [4.78, 5) is 0. The molecule has 9 heavy (non-hydrogen) atoms. The predicted octanol–water partition coefficient (Wildman–Crippen LogP) is 2.50. The summed E-state index contributed by atoms with van der Waals surface area (Å²) < 4.78 is 0. The largest absolute Gasteiger partial charge is 0.193 e. The van der Waals surface area contributed by atoms with Crippen LogP contribution in [0.5, 0.6) is 0 Å². The van der Waals surface area contributed by atoms with E-state index in [-0.39, 0.29) is 0 Å². The van der Waals surface area contributed by atoms with Crippen LogP contribution in [0, 0.1) is 17.2 Å². The van der Waals surface area contributed by atoms with E-state index in [9.17, 15) is 0 Å². The van der Waals surface area contributed by atoms with Crippen molar-refractivity contribution in [2.75, 3.05) is 0 Å². The van der Waals surface area contributed by atoms with Crippen LogP contribution in [0.15, 0.2) is 11.6 Å². The first-order valence-electron chi connectivity index (χ1n) is 3.22. The summed E-state index contributed by atoms with van der Waals surface area (Å²) in [6.07, 6.45) is 2.65. The van der Waals surface area contributed by atoms with Crippen LogP contribution >= 0.6 is 0 Å². The zero-order chi connectivity index (χ0) is 7.28. The molecule has 0 aromatic rings.